The van der Waals surface area contributed by atoms with Crippen LogP contribution in [0, 0.1) is 0 Å². The first-order chi connectivity index (χ1) is 9.81. The molecule has 1 aromatic heterocycles. The SMILES string of the molecule is COc1ccc(Br)c(CC(O)c2csc(C(C)(C)C)n2)c1. The second-order valence-electron chi connectivity index (χ2n) is 6.00. The van der Waals surface area contributed by atoms with E-state index in [2.05, 4.69) is 41.7 Å². The van der Waals surface area contributed by atoms with Gasteiger partial charge >= 0.3 is 0 Å². The average molecular weight is 370 g/mol. The van der Waals surface area contributed by atoms with Gasteiger partial charge in [-0.15, -0.1) is 11.3 Å². The number of ether oxygens (including phenoxy) is 1. The van der Waals surface area contributed by atoms with Crippen molar-refractivity contribution in [2.24, 2.45) is 0 Å². The Kier molecular flexibility index (Phi) is 5.07. The minimum absolute atomic E-state index is 0.0131. The number of benzene rings is 1. The van der Waals surface area contributed by atoms with Gasteiger partial charge in [-0.1, -0.05) is 36.7 Å². The smallest absolute Gasteiger partial charge is 0.119 e. The summed E-state index contributed by atoms with van der Waals surface area (Å²) in [5, 5.41) is 13.4. The Morgan fingerprint density at radius 3 is 2.67 bits per heavy atom. The van der Waals surface area contributed by atoms with Gasteiger partial charge in [-0.2, -0.15) is 0 Å². The molecular formula is C16H20BrNO2S. The van der Waals surface area contributed by atoms with E-state index < -0.39 is 6.10 Å². The highest BCUT2D eigenvalue weighted by Crippen LogP contribution is 2.31. The Morgan fingerprint density at radius 2 is 2.10 bits per heavy atom. The summed E-state index contributed by atoms with van der Waals surface area (Å²) in [5.74, 6) is 0.786. The Hall–Kier alpha value is -0.910. The third-order valence-electron chi connectivity index (χ3n) is 3.17. The maximum atomic E-state index is 10.4. The first kappa shape index (κ1) is 16.5. The second kappa shape index (κ2) is 6.46. The largest absolute Gasteiger partial charge is 0.497 e. The van der Waals surface area contributed by atoms with Crippen LogP contribution in [-0.2, 0) is 11.8 Å². The van der Waals surface area contributed by atoms with Crippen molar-refractivity contribution in [1.82, 2.24) is 4.98 Å². The summed E-state index contributed by atoms with van der Waals surface area (Å²) >= 11 is 5.11. The molecule has 1 unspecified atom stereocenters. The average Bonchev–Trinajstić information content (AvgIpc) is 2.91. The number of hydrogen-bond donors (Lipinski definition) is 1. The van der Waals surface area contributed by atoms with Gasteiger partial charge in [-0.25, -0.2) is 4.98 Å². The van der Waals surface area contributed by atoms with Crippen molar-refractivity contribution in [3.63, 3.8) is 0 Å². The monoisotopic (exact) mass is 369 g/mol. The zero-order valence-corrected chi connectivity index (χ0v) is 15.1. The fourth-order valence-corrected chi connectivity index (χ4v) is 3.29. The van der Waals surface area contributed by atoms with Crippen LogP contribution in [0.25, 0.3) is 0 Å². The molecule has 1 N–H and O–H groups in total. The number of nitrogens with zero attached hydrogens (tertiary/aromatic N) is 1. The van der Waals surface area contributed by atoms with Gasteiger partial charge in [0, 0.05) is 21.7 Å². The molecule has 2 rings (SSSR count). The normalized spacial score (nSPS) is 13.2. The first-order valence-corrected chi connectivity index (χ1v) is 8.45. The molecule has 3 nitrogen and oxygen atoms in total. The van der Waals surface area contributed by atoms with E-state index >= 15 is 0 Å². The molecule has 0 aliphatic heterocycles. The maximum Gasteiger partial charge on any atom is 0.119 e. The molecule has 0 saturated carbocycles. The van der Waals surface area contributed by atoms with E-state index in [4.69, 9.17) is 4.74 Å². The number of aromatic nitrogens is 1. The van der Waals surface area contributed by atoms with Gasteiger partial charge in [0.1, 0.15) is 11.9 Å². The molecule has 0 bridgehead atoms. The second-order valence-corrected chi connectivity index (χ2v) is 7.72. The summed E-state index contributed by atoms with van der Waals surface area (Å²) in [6.07, 6.45) is -0.105. The molecule has 0 spiro atoms. The van der Waals surface area contributed by atoms with Crippen LogP contribution in [0.3, 0.4) is 0 Å². The van der Waals surface area contributed by atoms with Crippen molar-refractivity contribution in [2.75, 3.05) is 7.11 Å². The first-order valence-electron chi connectivity index (χ1n) is 6.77. The van der Waals surface area contributed by atoms with E-state index in [1.54, 1.807) is 18.4 Å². The molecule has 0 amide bonds. The van der Waals surface area contributed by atoms with Crippen molar-refractivity contribution in [3.8, 4) is 5.75 Å². The topological polar surface area (TPSA) is 42.4 Å². The Labute approximate surface area is 138 Å². The van der Waals surface area contributed by atoms with E-state index in [1.807, 2.05) is 23.6 Å². The van der Waals surface area contributed by atoms with E-state index in [0.717, 1.165) is 26.5 Å². The fraction of sp³-hybridized carbons (Fsp3) is 0.438. The summed E-state index contributed by atoms with van der Waals surface area (Å²) < 4.78 is 6.20. The standard InChI is InChI=1S/C16H20BrNO2S/c1-16(2,3)15-18-13(9-21-15)14(19)8-10-7-11(20-4)5-6-12(10)17/h5-7,9,14,19H,8H2,1-4H3. The third-order valence-corrected chi connectivity index (χ3v) is 5.23. The minimum atomic E-state index is -0.610. The van der Waals surface area contributed by atoms with Crippen LogP contribution in [0.4, 0.5) is 0 Å². The van der Waals surface area contributed by atoms with E-state index in [0.29, 0.717) is 6.42 Å². The predicted molar refractivity (Wildman–Crippen MR) is 90.2 cm³/mol. The summed E-state index contributed by atoms with van der Waals surface area (Å²) in [6, 6.07) is 5.76. The van der Waals surface area contributed by atoms with Crippen LogP contribution in [0.2, 0.25) is 0 Å². The zero-order chi connectivity index (χ0) is 15.6. The lowest BCUT2D eigenvalue weighted by atomic mass is 9.98. The van der Waals surface area contributed by atoms with Gasteiger partial charge in [0.2, 0.25) is 0 Å². The lowest BCUT2D eigenvalue weighted by molar-refractivity contribution is 0.173. The lowest BCUT2D eigenvalue weighted by Crippen LogP contribution is -2.11. The van der Waals surface area contributed by atoms with Gasteiger partial charge in [-0.05, 0) is 23.8 Å². The predicted octanol–water partition coefficient (Wildman–Crippen LogP) is 4.49. The third kappa shape index (κ3) is 4.05. The van der Waals surface area contributed by atoms with Crippen molar-refractivity contribution in [3.05, 3.63) is 44.3 Å². The molecule has 0 aliphatic rings. The van der Waals surface area contributed by atoms with Crippen LogP contribution in [0.1, 0.15) is 43.1 Å². The molecule has 0 radical (unpaired) electrons. The number of aliphatic hydroxyl groups is 1. The minimum Gasteiger partial charge on any atom is -0.497 e. The zero-order valence-electron chi connectivity index (χ0n) is 12.7. The number of rotatable bonds is 4. The molecule has 0 saturated heterocycles. The lowest BCUT2D eigenvalue weighted by Gasteiger charge is -2.14. The molecule has 1 heterocycles. The molecule has 2 aromatic rings. The maximum absolute atomic E-state index is 10.4. The molecule has 1 atom stereocenters. The Balaban J connectivity index is 2.18. The highest BCUT2D eigenvalue weighted by molar-refractivity contribution is 9.10. The summed E-state index contributed by atoms with van der Waals surface area (Å²) in [7, 11) is 1.64. The van der Waals surface area contributed by atoms with Crippen LogP contribution < -0.4 is 4.74 Å². The van der Waals surface area contributed by atoms with Crippen LogP contribution >= 0.6 is 27.3 Å². The highest BCUT2D eigenvalue weighted by atomic mass is 79.9. The van der Waals surface area contributed by atoms with Gasteiger partial charge in [-0.3, -0.25) is 0 Å². The van der Waals surface area contributed by atoms with Gasteiger partial charge < -0.3 is 9.84 Å². The summed E-state index contributed by atoms with van der Waals surface area (Å²) in [5.41, 5.74) is 1.76. The molecule has 114 valence electrons. The van der Waals surface area contributed by atoms with Gasteiger partial charge in [0.05, 0.1) is 17.8 Å². The van der Waals surface area contributed by atoms with Crippen LogP contribution in [-0.4, -0.2) is 17.2 Å². The van der Waals surface area contributed by atoms with E-state index in [-0.39, 0.29) is 5.41 Å². The molecule has 5 heteroatoms. The van der Waals surface area contributed by atoms with Gasteiger partial charge in [0.15, 0.2) is 0 Å². The van der Waals surface area contributed by atoms with Crippen LogP contribution in [0.15, 0.2) is 28.1 Å². The number of halogens is 1. The van der Waals surface area contributed by atoms with Gasteiger partial charge in [0.25, 0.3) is 0 Å². The molecular weight excluding hydrogens is 350 g/mol. The van der Waals surface area contributed by atoms with Crippen molar-refractivity contribution >= 4 is 27.3 Å². The molecule has 0 fully saturated rings. The van der Waals surface area contributed by atoms with Crippen molar-refractivity contribution in [1.29, 1.82) is 0 Å². The fourth-order valence-electron chi connectivity index (χ4n) is 1.93. The Bertz CT molecular complexity index is 619. The number of aliphatic hydroxyl groups excluding tert-OH is 1. The van der Waals surface area contributed by atoms with E-state index in [1.165, 1.54) is 0 Å². The van der Waals surface area contributed by atoms with Crippen molar-refractivity contribution < 1.29 is 9.84 Å². The summed E-state index contributed by atoms with van der Waals surface area (Å²) in [6.45, 7) is 6.38. The molecule has 0 aliphatic carbocycles. The number of hydrogen-bond acceptors (Lipinski definition) is 4. The molecule has 1 aromatic carbocycles. The number of methoxy groups -OCH3 is 1. The number of thiazole rings is 1. The highest BCUT2D eigenvalue weighted by Gasteiger charge is 2.21. The Morgan fingerprint density at radius 1 is 1.38 bits per heavy atom. The summed E-state index contributed by atoms with van der Waals surface area (Å²) in [4.78, 5) is 4.57. The quantitative estimate of drug-likeness (QED) is 0.863. The van der Waals surface area contributed by atoms with Crippen molar-refractivity contribution in [2.45, 2.75) is 38.7 Å². The van der Waals surface area contributed by atoms with E-state index in [9.17, 15) is 5.11 Å². The molecule has 21 heavy (non-hydrogen) atoms. The van der Waals surface area contributed by atoms with Crippen LogP contribution in [0.5, 0.6) is 5.75 Å².